The Balaban J connectivity index is 1.28. The van der Waals surface area contributed by atoms with Crippen LogP contribution in [-0.4, -0.2) is 9.13 Å². The molecule has 0 unspecified atom stereocenters. The van der Waals surface area contributed by atoms with Gasteiger partial charge in [0.1, 0.15) is 6.07 Å². The first-order valence-corrected chi connectivity index (χ1v) is 18.8. The second kappa shape index (κ2) is 13.0. The molecule has 0 atom stereocenters. The molecule has 0 saturated heterocycles. The second-order valence-corrected chi connectivity index (χ2v) is 14.6. The Morgan fingerprint density at radius 3 is 1.52 bits per heavy atom. The smallest absolute Gasteiger partial charge is 0.101 e. The van der Waals surface area contributed by atoms with Crippen molar-refractivity contribution < 1.29 is 0 Å². The molecule has 10 aromatic rings. The number of aryl methyl sites for hydroxylation is 2. The molecule has 56 heavy (non-hydrogen) atoms. The molecule has 0 aliphatic rings. The summed E-state index contributed by atoms with van der Waals surface area (Å²) in [6.45, 7) is 4.13. The van der Waals surface area contributed by atoms with Gasteiger partial charge in [-0.05, 0) is 108 Å². The van der Waals surface area contributed by atoms with Gasteiger partial charge in [0, 0.05) is 27.1 Å². The van der Waals surface area contributed by atoms with Crippen LogP contribution in [-0.2, 0) is 0 Å². The second-order valence-electron chi connectivity index (χ2n) is 14.6. The van der Waals surface area contributed by atoms with E-state index in [-0.39, 0.29) is 0 Å². The molecule has 0 spiro atoms. The molecule has 0 bridgehead atoms. The predicted molar refractivity (Wildman–Crippen MR) is 230 cm³/mol. The van der Waals surface area contributed by atoms with Gasteiger partial charge in [-0.25, -0.2) is 0 Å². The zero-order chi connectivity index (χ0) is 37.9. The van der Waals surface area contributed by atoms with Gasteiger partial charge in [-0.1, -0.05) is 115 Å². The molecule has 8 aromatic carbocycles. The van der Waals surface area contributed by atoms with Crippen molar-refractivity contribution in [3.63, 3.8) is 0 Å². The highest BCUT2D eigenvalue weighted by atomic mass is 15.0. The third kappa shape index (κ3) is 5.28. The summed E-state index contributed by atoms with van der Waals surface area (Å²) in [5.74, 6) is 0. The first kappa shape index (κ1) is 32.9. The molecular weight excluding hydrogens is 681 g/mol. The average molecular weight is 715 g/mol. The quantitative estimate of drug-likeness (QED) is 0.178. The van der Waals surface area contributed by atoms with Gasteiger partial charge < -0.3 is 9.13 Å². The molecular formula is C52H34N4. The van der Waals surface area contributed by atoms with Crippen molar-refractivity contribution >= 4 is 43.6 Å². The Hall–Kier alpha value is -7.66. The highest BCUT2D eigenvalue weighted by Crippen LogP contribution is 2.42. The average Bonchev–Trinajstić information content (AvgIpc) is 3.75. The third-order valence-corrected chi connectivity index (χ3v) is 11.1. The standard InChI is InChI=1S/C52H34N4/c1-33-16-18-37(19-17-33)39-21-22-49-45(28-39)42-12-6-8-14-47(42)55(49)51-30-44(40-25-34(2)24-35(26-40)31-53)52(29-41(51)32-54)56-48-15-9-7-13-43(48)46-27-38(20-23-50(46)56)36-10-4-3-5-11-36/h3-30H,1-2H3. The lowest BCUT2D eigenvalue weighted by molar-refractivity contribution is 1.13. The summed E-state index contributed by atoms with van der Waals surface area (Å²) in [7, 11) is 0. The molecule has 0 fully saturated rings. The largest absolute Gasteiger partial charge is 0.309 e. The maximum atomic E-state index is 11.1. The van der Waals surface area contributed by atoms with Crippen molar-refractivity contribution in [1.82, 2.24) is 9.13 Å². The van der Waals surface area contributed by atoms with E-state index in [0.717, 1.165) is 93.9 Å². The van der Waals surface area contributed by atoms with Crippen LogP contribution in [0.2, 0.25) is 0 Å². The first-order chi connectivity index (χ1) is 27.5. The maximum Gasteiger partial charge on any atom is 0.101 e. The summed E-state index contributed by atoms with van der Waals surface area (Å²) in [6.07, 6.45) is 0. The van der Waals surface area contributed by atoms with Gasteiger partial charge in [-0.2, -0.15) is 10.5 Å². The van der Waals surface area contributed by atoms with Crippen LogP contribution >= 0.6 is 0 Å². The minimum absolute atomic E-state index is 0.550. The van der Waals surface area contributed by atoms with Crippen LogP contribution in [0.1, 0.15) is 22.3 Å². The predicted octanol–water partition coefficient (Wildman–Crippen LogP) is 13.2. The molecule has 2 heterocycles. The number of para-hydroxylation sites is 2. The van der Waals surface area contributed by atoms with Gasteiger partial charge in [0.2, 0.25) is 0 Å². The van der Waals surface area contributed by atoms with Gasteiger partial charge in [-0.15, -0.1) is 0 Å². The molecule has 0 saturated carbocycles. The van der Waals surface area contributed by atoms with Crippen LogP contribution in [0.25, 0.3) is 88.4 Å². The molecule has 4 nitrogen and oxygen atoms in total. The summed E-state index contributed by atoms with van der Waals surface area (Å²) in [6, 6.07) is 64.4. The van der Waals surface area contributed by atoms with E-state index in [1.807, 2.05) is 31.2 Å². The van der Waals surface area contributed by atoms with Crippen LogP contribution in [0.4, 0.5) is 0 Å². The minimum Gasteiger partial charge on any atom is -0.309 e. The Kier molecular flexibility index (Phi) is 7.66. The van der Waals surface area contributed by atoms with Crippen LogP contribution in [0.15, 0.2) is 170 Å². The molecule has 0 radical (unpaired) electrons. The molecule has 0 aliphatic carbocycles. The van der Waals surface area contributed by atoms with E-state index in [1.54, 1.807) is 0 Å². The lowest BCUT2D eigenvalue weighted by Crippen LogP contribution is -2.04. The first-order valence-electron chi connectivity index (χ1n) is 18.8. The topological polar surface area (TPSA) is 57.4 Å². The van der Waals surface area contributed by atoms with E-state index in [2.05, 4.69) is 174 Å². The highest BCUT2D eigenvalue weighted by molar-refractivity contribution is 6.12. The maximum absolute atomic E-state index is 11.1. The lowest BCUT2D eigenvalue weighted by Gasteiger charge is -2.19. The molecule has 10 rings (SSSR count). The molecule has 0 aliphatic heterocycles. The van der Waals surface area contributed by atoms with Gasteiger partial charge >= 0.3 is 0 Å². The van der Waals surface area contributed by atoms with E-state index in [0.29, 0.717) is 11.1 Å². The molecule has 4 heteroatoms. The number of hydrogen-bond acceptors (Lipinski definition) is 2. The molecule has 0 N–H and O–H groups in total. The Bertz CT molecular complexity index is 3280. The zero-order valence-electron chi connectivity index (χ0n) is 31.0. The van der Waals surface area contributed by atoms with Gasteiger partial charge in [-0.3, -0.25) is 0 Å². The lowest BCUT2D eigenvalue weighted by atomic mass is 9.96. The molecule has 262 valence electrons. The number of fused-ring (bicyclic) bond motifs is 6. The van der Waals surface area contributed by atoms with Crippen molar-refractivity contribution in [1.29, 1.82) is 10.5 Å². The van der Waals surface area contributed by atoms with Crippen LogP contribution in [0.5, 0.6) is 0 Å². The summed E-state index contributed by atoms with van der Waals surface area (Å²) >= 11 is 0. The number of benzene rings is 8. The van der Waals surface area contributed by atoms with Crippen LogP contribution in [0, 0.1) is 36.5 Å². The van der Waals surface area contributed by atoms with Gasteiger partial charge in [0.05, 0.1) is 50.6 Å². The Labute approximate surface area is 325 Å². The summed E-state index contributed by atoms with van der Waals surface area (Å²) < 4.78 is 4.52. The van der Waals surface area contributed by atoms with Crippen LogP contribution in [0.3, 0.4) is 0 Å². The van der Waals surface area contributed by atoms with E-state index < -0.39 is 0 Å². The molecule has 2 aromatic heterocycles. The van der Waals surface area contributed by atoms with E-state index >= 15 is 0 Å². The van der Waals surface area contributed by atoms with Crippen molar-refractivity contribution in [3.05, 3.63) is 192 Å². The Morgan fingerprint density at radius 1 is 0.375 bits per heavy atom. The fraction of sp³-hybridized carbons (Fsp3) is 0.0385. The fourth-order valence-corrected chi connectivity index (χ4v) is 8.47. The van der Waals surface area contributed by atoms with Crippen LogP contribution < -0.4 is 0 Å². The number of hydrogen-bond donors (Lipinski definition) is 0. The van der Waals surface area contributed by atoms with E-state index in [9.17, 15) is 10.5 Å². The van der Waals surface area contributed by atoms with Crippen molar-refractivity contribution in [3.8, 4) is 56.9 Å². The number of rotatable bonds is 5. The molecule has 0 amide bonds. The van der Waals surface area contributed by atoms with E-state index in [1.165, 1.54) is 5.56 Å². The van der Waals surface area contributed by atoms with Crippen molar-refractivity contribution in [2.45, 2.75) is 13.8 Å². The number of nitriles is 2. The van der Waals surface area contributed by atoms with Gasteiger partial charge in [0.15, 0.2) is 0 Å². The van der Waals surface area contributed by atoms with Crippen molar-refractivity contribution in [2.75, 3.05) is 0 Å². The highest BCUT2D eigenvalue weighted by Gasteiger charge is 2.22. The fourth-order valence-electron chi connectivity index (χ4n) is 8.47. The SMILES string of the molecule is Cc1ccc(-c2ccc3c(c2)c2ccccc2n3-c2cc(-c3cc(C)cc(C#N)c3)c(-n3c4ccccc4c4cc(-c5ccccc5)ccc43)cc2C#N)cc1. The summed E-state index contributed by atoms with van der Waals surface area (Å²) in [4.78, 5) is 0. The zero-order valence-corrected chi connectivity index (χ0v) is 31.0. The van der Waals surface area contributed by atoms with Crippen molar-refractivity contribution in [2.24, 2.45) is 0 Å². The van der Waals surface area contributed by atoms with Gasteiger partial charge in [0.25, 0.3) is 0 Å². The normalized spacial score (nSPS) is 11.4. The minimum atomic E-state index is 0.550. The number of nitrogens with zero attached hydrogens (tertiary/aromatic N) is 4. The number of aromatic nitrogens is 2. The monoisotopic (exact) mass is 714 g/mol. The third-order valence-electron chi connectivity index (χ3n) is 11.1. The summed E-state index contributed by atoms with van der Waals surface area (Å²) in [5, 5.41) is 25.7. The van der Waals surface area contributed by atoms with E-state index in [4.69, 9.17) is 0 Å². The summed E-state index contributed by atoms with van der Waals surface area (Å²) in [5.41, 5.74) is 15.6. The Morgan fingerprint density at radius 2 is 0.911 bits per heavy atom.